The van der Waals surface area contributed by atoms with Gasteiger partial charge in [0, 0.05) is 6.54 Å². The zero-order valence-corrected chi connectivity index (χ0v) is 8.84. The summed E-state index contributed by atoms with van der Waals surface area (Å²) in [6.45, 7) is 0.248. The molecule has 18 heavy (non-hydrogen) atoms. The third-order valence-electron chi connectivity index (χ3n) is 2.36. The largest absolute Gasteiger partial charge is 0.573 e. The van der Waals surface area contributed by atoms with Crippen molar-refractivity contribution < 1.29 is 27.1 Å². The van der Waals surface area contributed by atoms with Crippen LogP contribution in [-0.4, -0.2) is 18.9 Å². The average Bonchev–Trinajstić information content (AvgIpc) is 2.66. The van der Waals surface area contributed by atoms with E-state index < -0.39 is 30.0 Å². The maximum absolute atomic E-state index is 13.4. The summed E-state index contributed by atoms with van der Waals surface area (Å²) in [5.41, 5.74) is 0.361. The molecule has 0 unspecified atom stereocenters. The molecule has 0 radical (unpaired) electrons. The number of carbonyl (C=O) groups excluding carboxylic acids is 1. The van der Waals surface area contributed by atoms with E-state index in [1.165, 1.54) is 6.07 Å². The molecule has 0 aliphatic carbocycles. The number of halogens is 4. The molecule has 1 aliphatic rings. The van der Waals surface area contributed by atoms with Gasteiger partial charge in [-0.25, -0.2) is 9.18 Å². The number of urea groups is 1. The molecular formula is C10H8F4N2O2. The highest BCUT2D eigenvalue weighted by molar-refractivity contribution is 5.76. The zero-order valence-electron chi connectivity index (χ0n) is 8.84. The van der Waals surface area contributed by atoms with Gasteiger partial charge < -0.3 is 15.4 Å². The van der Waals surface area contributed by atoms with Crippen LogP contribution in [0.15, 0.2) is 18.2 Å². The molecule has 2 rings (SSSR count). The Kier molecular flexibility index (Phi) is 3.02. The van der Waals surface area contributed by atoms with Crippen molar-refractivity contribution in [2.24, 2.45) is 0 Å². The van der Waals surface area contributed by atoms with Crippen LogP contribution in [0.4, 0.5) is 22.4 Å². The summed E-state index contributed by atoms with van der Waals surface area (Å²) in [6, 6.07) is 2.17. The fraction of sp³-hybridized carbons (Fsp3) is 0.300. The molecule has 2 amide bonds. The van der Waals surface area contributed by atoms with Crippen molar-refractivity contribution in [2.45, 2.75) is 12.4 Å². The van der Waals surface area contributed by atoms with E-state index >= 15 is 0 Å². The maximum Gasteiger partial charge on any atom is 0.573 e. The highest BCUT2D eigenvalue weighted by Crippen LogP contribution is 2.28. The lowest BCUT2D eigenvalue weighted by atomic mass is 10.1. The summed E-state index contributed by atoms with van der Waals surface area (Å²) < 4.78 is 52.6. The van der Waals surface area contributed by atoms with Crippen LogP contribution in [-0.2, 0) is 0 Å². The summed E-state index contributed by atoms with van der Waals surface area (Å²) in [6.07, 6.45) is -4.94. The normalized spacial score (nSPS) is 19.3. The van der Waals surface area contributed by atoms with Gasteiger partial charge in [0.25, 0.3) is 0 Å². The van der Waals surface area contributed by atoms with Gasteiger partial charge in [0.15, 0.2) is 11.6 Å². The Bertz CT molecular complexity index is 475. The first-order valence-corrected chi connectivity index (χ1v) is 4.95. The predicted molar refractivity (Wildman–Crippen MR) is 52.4 cm³/mol. The van der Waals surface area contributed by atoms with Crippen LogP contribution in [0.2, 0.25) is 0 Å². The third-order valence-corrected chi connectivity index (χ3v) is 2.36. The van der Waals surface area contributed by atoms with Gasteiger partial charge in [0.1, 0.15) is 0 Å². The van der Waals surface area contributed by atoms with Gasteiger partial charge >= 0.3 is 12.4 Å². The van der Waals surface area contributed by atoms with Gasteiger partial charge in [-0.3, -0.25) is 0 Å². The van der Waals surface area contributed by atoms with Crippen molar-refractivity contribution in [2.75, 3.05) is 6.54 Å². The van der Waals surface area contributed by atoms with E-state index in [4.69, 9.17) is 0 Å². The maximum atomic E-state index is 13.4. The van der Waals surface area contributed by atoms with Crippen molar-refractivity contribution >= 4 is 6.03 Å². The van der Waals surface area contributed by atoms with E-state index in [0.717, 1.165) is 12.1 Å². The van der Waals surface area contributed by atoms with E-state index in [2.05, 4.69) is 15.4 Å². The predicted octanol–water partition coefficient (Wildman–Crippen LogP) is 2.08. The SMILES string of the molecule is O=C1NC[C@@H](c2ccc(OC(F)(F)F)c(F)c2)N1. The monoisotopic (exact) mass is 264 g/mol. The van der Waals surface area contributed by atoms with E-state index in [1.807, 2.05) is 0 Å². The van der Waals surface area contributed by atoms with Gasteiger partial charge in [0.2, 0.25) is 0 Å². The smallest absolute Gasteiger partial charge is 0.403 e. The van der Waals surface area contributed by atoms with Crippen LogP contribution in [0, 0.1) is 5.82 Å². The molecule has 1 heterocycles. The molecule has 0 spiro atoms. The fourth-order valence-electron chi connectivity index (χ4n) is 1.60. The Morgan fingerprint density at radius 1 is 1.33 bits per heavy atom. The topological polar surface area (TPSA) is 50.4 Å². The molecule has 2 N–H and O–H groups in total. The lowest BCUT2D eigenvalue weighted by molar-refractivity contribution is -0.275. The number of hydrogen-bond acceptors (Lipinski definition) is 2. The highest BCUT2D eigenvalue weighted by atomic mass is 19.4. The molecule has 0 bridgehead atoms. The van der Waals surface area contributed by atoms with Crippen molar-refractivity contribution in [3.63, 3.8) is 0 Å². The number of ether oxygens (including phenoxy) is 1. The van der Waals surface area contributed by atoms with Crippen LogP contribution < -0.4 is 15.4 Å². The number of amides is 2. The fourth-order valence-corrected chi connectivity index (χ4v) is 1.60. The summed E-state index contributed by atoms with van der Waals surface area (Å²) in [5.74, 6) is -2.03. The van der Waals surface area contributed by atoms with Crippen molar-refractivity contribution in [1.29, 1.82) is 0 Å². The van der Waals surface area contributed by atoms with E-state index in [9.17, 15) is 22.4 Å². The quantitative estimate of drug-likeness (QED) is 0.803. The second-order valence-corrected chi connectivity index (χ2v) is 3.64. The molecule has 8 heteroatoms. The van der Waals surface area contributed by atoms with Crippen molar-refractivity contribution in [3.8, 4) is 5.75 Å². The van der Waals surface area contributed by atoms with Crippen LogP contribution in [0.5, 0.6) is 5.75 Å². The van der Waals surface area contributed by atoms with Gasteiger partial charge in [-0.2, -0.15) is 0 Å². The Labute approximate surface area is 98.9 Å². The Hall–Kier alpha value is -1.99. The number of rotatable bonds is 2. The van der Waals surface area contributed by atoms with Crippen molar-refractivity contribution in [1.82, 2.24) is 10.6 Å². The standard InChI is InChI=1S/C10H8F4N2O2/c11-6-3-5(7-4-15-9(17)16-7)1-2-8(6)18-10(12,13)14/h1-3,7H,4H2,(H2,15,16,17)/t7-/m0/s1. The molecule has 1 atom stereocenters. The minimum Gasteiger partial charge on any atom is -0.403 e. The minimum absolute atomic E-state index is 0.248. The first-order valence-electron chi connectivity index (χ1n) is 4.95. The second kappa shape index (κ2) is 4.35. The molecular weight excluding hydrogens is 256 g/mol. The van der Waals surface area contributed by atoms with E-state index in [0.29, 0.717) is 5.56 Å². The summed E-state index contributed by atoms with van der Waals surface area (Å²) in [7, 11) is 0. The van der Waals surface area contributed by atoms with Gasteiger partial charge in [-0.05, 0) is 17.7 Å². The van der Waals surface area contributed by atoms with Crippen molar-refractivity contribution in [3.05, 3.63) is 29.6 Å². The Morgan fingerprint density at radius 3 is 2.56 bits per heavy atom. The molecule has 0 aromatic heterocycles. The Morgan fingerprint density at radius 2 is 2.06 bits per heavy atom. The van der Waals surface area contributed by atoms with Gasteiger partial charge in [-0.1, -0.05) is 6.07 Å². The zero-order chi connectivity index (χ0) is 13.3. The van der Waals surface area contributed by atoms with Gasteiger partial charge in [0.05, 0.1) is 6.04 Å². The van der Waals surface area contributed by atoms with E-state index in [-0.39, 0.29) is 6.54 Å². The lowest BCUT2D eigenvalue weighted by Crippen LogP contribution is -2.22. The number of benzene rings is 1. The molecule has 1 aromatic rings. The van der Waals surface area contributed by atoms with Gasteiger partial charge in [-0.15, -0.1) is 13.2 Å². The number of hydrogen-bond donors (Lipinski definition) is 2. The Balaban J connectivity index is 2.17. The third kappa shape index (κ3) is 2.82. The first-order chi connectivity index (χ1) is 8.35. The minimum atomic E-state index is -4.94. The number of nitrogens with one attached hydrogen (secondary N) is 2. The summed E-state index contributed by atoms with van der Waals surface area (Å²) in [5, 5.41) is 4.94. The van der Waals surface area contributed by atoms with Crippen LogP contribution >= 0.6 is 0 Å². The van der Waals surface area contributed by atoms with Crippen LogP contribution in [0.3, 0.4) is 0 Å². The molecule has 1 aliphatic heterocycles. The number of carbonyl (C=O) groups is 1. The first kappa shape index (κ1) is 12.5. The van der Waals surface area contributed by atoms with Crippen LogP contribution in [0.1, 0.15) is 11.6 Å². The summed E-state index contributed by atoms with van der Waals surface area (Å²) in [4.78, 5) is 10.9. The van der Waals surface area contributed by atoms with Crippen LogP contribution in [0.25, 0.3) is 0 Å². The number of alkyl halides is 3. The summed E-state index contributed by atoms with van der Waals surface area (Å²) >= 11 is 0. The molecule has 1 aromatic carbocycles. The average molecular weight is 264 g/mol. The lowest BCUT2D eigenvalue weighted by Gasteiger charge is -2.13. The molecule has 98 valence electrons. The molecule has 1 saturated heterocycles. The molecule has 1 fully saturated rings. The van der Waals surface area contributed by atoms with E-state index in [1.54, 1.807) is 0 Å². The second-order valence-electron chi connectivity index (χ2n) is 3.64. The molecule has 0 saturated carbocycles. The highest BCUT2D eigenvalue weighted by Gasteiger charge is 2.32. The molecule has 4 nitrogen and oxygen atoms in total.